The third-order valence-corrected chi connectivity index (χ3v) is 3.06. The number of nitrogens with zero attached hydrogens (tertiary/aromatic N) is 3. The summed E-state index contributed by atoms with van der Waals surface area (Å²) < 4.78 is 38.8. The monoisotopic (exact) mass is 299 g/mol. The van der Waals surface area contributed by atoms with Crippen molar-refractivity contribution < 1.29 is 23.1 Å². The molecule has 0 radical (unpaired) electrons. The Kier molecular flexibility index (Phi) is 3.71. The molecule has 1 N–H and O–H groups in total. The molecule has 2 aromatic rings. The summed E-state index contributed by atoms with van der Waals surface area (Å²) in [5.74, 6) is -0.790. The van der Waals surface area contributed by atoms with Crippen LogP contribution in [-0.2, 0) is 17.4 Å². The predicted octanol–water partition coefficient (Wildman–Crippen LogP) is 2.53. The minimum atomic E-state index is -4.45. The number of carboxylic acid groups (broad SMARTS) is 1. The number of alkyl halides is 3. The number of hydrogen-bond donors (Lipinski definition) is 1. The highest BCUT2D eigenvalue weighted by Gasteiger charge is 2.30. The van der Waals surface area contributed by atoms with Crippen LogP contribution in [0.25, 0.3) is 5.82 Å². The topological polar surface area (TPSA) is 68.0 Å². The smallest absolute Gasteiger partial charge is 0.417 e. The first-order valence-corrected chi connectivity index (χ1v) is 6.00. The van der Waals surface area contributed by atoms with E-state index in [1.807, 2.05) is 0 Å². The number of aryl methyl sites for hydroxylation is 1. The number of halogens is 3. The lowest BCUT2D eigenvalue weighted by atomic mass is 10.1. The molecule has 2 aromatic heterocycles. The van der Waals surface area contributed by atoms with Gasteiger partial charge in [0.25, 0.3) is 0 Å². The largest absolute Gasteiger partial charge is 0.481 e. The average molecular weight is 299 g/mol. The normalized spacial score (nSPS) is 11.7. The molecular weight excluding hydrogens is 287 g/mol. The van der Waals surface area contributed by atoms with Crippen LogP contribution >= 0.6 is 0 Å². The first-order chi connectivity index (χ1) is 9.70. The number of carboxylic acids is 1. The molecule has 112 valence electrons. The van der Waals surface area contributed by atoms with E-state index in [0.29, 0.717) is 17.0 Å². The predicted molar refractivity (Wildman–Crippen MR) is 67.2 cm³/mol. The minimum Gasteiger partial charge on any atom is -0.481 e. The van der Waals surface area contributed by atoms with Gasteiger partial charge in [-0.25, -0.2) is 9.67 Å². The first kappa shape index (κ1) is 15.0. The van der Waals surface area contributed by atoms with Gasteiger partial charge in [0.1, 0.15) is 0 Å². The van der Waals surface area contributed by atoms with Crippen LogP contribution in [0, 0.1) is 13.8 Å². The molecule has 2 heterocycles. The van der Waals surface area contributed by atoms with Crippen molar-refractivity contribution in [3.8, 4) is 5.82 Å². The third kappa shape index (κ3) is 3.04. The Labute approximate surface area is 118 Å². The molecule has 0 unspecified atom stereocenters. The lowest BCUT2D eigenvalue weighted by Gasteiger charge is -2.08. The van der Waals surface area contributed by atoms with Gasteiger partial charge < -0.3 is 5.11 Å². The summed E-state index contributed by atoms with van der Waals surface area (Å²) in [5.41, 5.74) is 0.737. The highest BCUT2D eigenvalue weighted by atomic mass is 19.4. The lowest BCUT2D eigenvalue weighted by molar-refractivity contribution is -0.138. The fourth-order valence-corrected chi connectivity index (χ4v) is 1.98. The number of aliphatic carboxylic acids is 1. The van der Waals surface area contributed by atoms with Gasteiger partial charge in [0.2, 0.25) is 0 Å². The number of pyridine rings is 1. The van der Waals surface area contributed by atoms with Crippen LogP contribution in [0.3, 0.4) is 0 Å². The molecule has 0 saturated carbocycles. The van der Waals surface area contributed by atoms with Gasteiger partial charge in [-0.3, -0.25) is 4.79 Å². The van der Waals surface area contributed by atoms with E-state index in [0.717, 1.165) is 12.3 Å². The SMILES string of the molecule is Cc1nn(-c2ccc(C(F)(F)F)cn2)c(C)c1CC(=O)O. The molecule has 5 nitrogen and oxygen atoms in total. The molecule has 8 heteroatoms. The van der Waals surface area contributed by atoms with Crippen molar-refractivity contribution in [3.05, 3.63) is 40.8 Å². The van der Waals surface area contributed by atoms with Crippen LogP contribution in [0.5, 0.6) is 0 Å². The van der Waals surface area contributed by atoms with E-state index in [2.05, 4.69) is 10.1 Å². The number of hydrogen-bond acceptors (Lipinski definition) is 3. The standard InChI is InChI=1S/C13H12F3N3O2/c1-7-10(5-12(20)21)8(2)19(18-7)11-4-3-9(6-17-11)13(14,15)16/h3-4,6H,5H2,1-2H3,(H,20,21). The zero-order valence-corrected chi connectivity index (χ0v) is 11.3. The van der Waals surface area contributed by atoms with Crippen LogP contribution in [0.2, 0.25) is 0 Å². The van der Waals surface area contributed by atoms with E-state index in [-0.39, 0.29) is 12.2 Å². The molecule has 0 amide bonds. The van der Waals surface area contributed by atoms with Crippen LogP contribution in [0.15, 0.2) is 18.3 Å². The van der Waals surface area contributed by atoms with E-state index in [4.69, 9.17) is 5.11 Å². The molecule has 0 aliphatic rings. The van der Waals surface area contributed by atoms with Gasteiger partial charge in [-0.2, -0.15) is 18.3 Å². The Morgan fingerprint density at radius 3 is 2.48 bits per heavy atom. The van der Waals surface area contributed by atoms with Gasteiger partial charge >= 0.3 is 12.1 Å². The summed E-state index contributed by atoms with van der Waals surface area (Å²) >= 11 is 0. The summed E-state index contributed by atoms with van der Waals surface area (Å²) in [6.07, 6.45) is -3.92. The van der Waals surface area contributed by atoms with E-state index in [1.165, 1.54) is 10.7 Å². The Hall–Kier alpha value is -2.38. The van der Waals surface area contributed by atoms with Gasteiger partial charge in [-0.1, -0.05) is 0 Å². The molecule has 0 spiro atoms. The molecular formula is C13H12F3N3O2. The summed E-state index contributed by atoms with van der Waals surface area (Å²) in [7, 11) is 0. The zero-order chi connectivity index (χ0) is 15.8. The van der Waals surface area contributed by atoms with E-state index >= 15 is 0 Å². The van der Waals surface area contributed by atoms with Crippen molar-refractivity contribution >= 4 is 5.97 Å². The molecule has 0 atom stereocenters. The second kappa shape index (κ2) is 5.19. The zero-order valence-electron chi connectivity index (χ0n) is 11.3. The quantitative estimate of drug-likeness (QED) is 0.945. The molecule has 0 aromatic carbocycles. The van der Waals surface area contributed by atoms with Crippen molar-refractivity contribution in [2.75, 3.05) is 0 Å². The van der Waals surface area contributed by atoms with E-state index in [9.17, 15) is 18.0 Å². The average Bonchev–Trinajstić information content (AvgIpc) is 2.65. The van der Waals surface area contributed by atoms with Crippen molar-refractivity contribution in [2.24, 2.45) is 0 Å². The van der Waals surface area contributed by atoms with E-state index in [1.54, 1.807) is 13.8 Å². The van der Waals surface area contributed by atoms with Crippen LogP contribution in [-0.4, -0.2) is 25.8 Å². The molecule has 2 rings (SSSR count). The van der Waals surface area contributed by atoms with Crippen molar-refractivity contribution in [3.63, 3.8) is 0 Å². The van der Waals surface area contributed by atoms with E-state index < -0.39 is 17.7 Å². The molecule has 0 saturated heterocycles. The Morgan fingerprint density at radius 2 is 2.00 bits per heavy atom. The second-order valence-corrected chi connectivity index (χ2v) is 4.53. The Balaban J connectivity index is 2.41. The summed E-state index contributed by atoms with van der Waals surface area (Å²) in [5, 5.41) is 13.0. The third-order valence-electron chi connectivity index (χ3n) is 3.06. The van der Waals surface area contributed by atoms with Gasteiger partial charge in [0.05, 0.1) is 17.7 Å². The van der Waals surface area contributed by atoms with Crippen molar-refractivity contribution in [2.45, 2.75) is 26.4 Å². The Morgan fingerprint density at radius 1 is 1.33 bits per heavy atom. The maximum atomic E-state index is 12.5. The fourth-order valence-electron chi connectivity index (χ4n) is 1.98. The summed E-state index contributed by atoms with van der Waals surface area (Å²) in [6, 6.07) is 2.11. The summed E-state index contributed by atoms with van der Waals surface area (Å²) in [4.78, 5) is 14.5. The number of rotatable bonds is 3. The van der Waals surface area contributed by atoms with Gasteiger partial charge in [-0.15, -0.1) is 0 Å². The summed E-state index contributed by atoms with van der Waals surface area (Å²) in [6.45, 7) is 3.30. The van der Waals surface area contributed by atoms with Crippen LogP contribution in [0.4, 0.5) is 13.2 Å². The maximum absolute atomic E-state index is 12.5. The molecule has 0 aliphatic carbocycles. The van der Waals surface area contributed by atoms with Gasteiger partial charge in [0, 0.05) is 17.5 Å². The van der Waals surface area contributed by atoms with Gasteiger partial charge in [0.15, 0.2) is 5.82 Å². The highest BCUT2D eigenvalue weighted by molar-refractivity contribution is 5.71. The molecule has 21 heavy (non-hydrogen) atoms. The lowest BCUT2D eigenvalue weighted by Crippen LogP contribution is -2.08. The molecule has 0 aliphatic heterocycles. The molecule has 0 bridgehead atoms. The number of carbonyl (C=O) groups is 1. The van der Waals surface area contributed by atoms with Crippen molar-refractivity contribution in [1.29, 1.82) is 0 Å². The van der Waals surface area contributed by atoms with Gasteiger partial charge in [-0.05, 0) is 26.0 Å². The Bertz CT molecular complexity index is 675. The van der Waals surface area contributed by atoms with Crippen LogP contribution in [0.1, 0.15) is 22.5 Å². The first-order valence-electron chi connectivity index (χ1n) is 6.00. The maximum Gasteiger partial charge on any atom is 0.417 e. The minimum absolute atomic E-state index is 0.196. The fraction of sp³-hybridized carbons (Fsp3) is 0.308. The molecule has 0 fully saturated rings. The van der Waals surface area contributed by atoms with Crippen LogP contribution < -0.4 is 0 Å². The van der Waals surface area contributed by atoms with Crippen molar-refractivity contribution in [1.82, 2.24) is 14.8 Å². The number of aromatic nitrogens is 3. The highest BCUT2D eigenvalue weighted by Crippen LogP contribution is 2.29. The second-order valence-electron chi connectivity index (χ2n) is 4.53.